The van der Waals surface area contributed by atoms with Crippen LogP contribution in [-0.4, -0.2) is 43.6 Å². The summed E-state index contributed by atoms with van der Waals surface area (Å²) in [6.07, 6.45) is 1.96. The van der Waals surface area contributed by atoms with Crippen LogP contribution in [0.15, 0.2) is 40.8 Å². The SMILES string of the molecule is CCOC(=O)[C@@]1(Cc2ccccc2C)CCCN(C(=O)c2ccc(OC)o2)C1. The minimum Gasteiger partial charge on any atom is -0.468 e. The zero-order valence-corrected chi connectivity index (χ0v) is 16.7. The van der Waals surface area contributed by atoms with Crippen molar-refractivity contribution in [2.45, 2.75) is 33.1 Å². The summed E-state index contributed by atoms with van der Waals surface area (Å²) >= 11 is 0. The molecule has 1 saturated heterocycles. The van der Waals surface area contributed by atoms with E-state index in [1.54, 1.807) is 24.0 Å². The molecule has 1 aromatic carbocycles. The number of carbonyl (C=O) groups is 2. The van der Waals surface area contributed by atoms with Crippen LogP contribution in [0.4, 0.5) is 0 Å². The molecular weight excluding hydrogens is 358 g/mol. The van der Waals surface area contributed by atoms with Crippen LogP contribution < -0.4 is 4.74 Å². The first-order chi connectivity index (χ1) is 13.5. The molecule has 2 heterocycles. The highest BCUT2D eigenvalue weighted by Gasteiger charge is 2.45. The van der Waals surface area contributed by atoms with Gasteiger partial charge in [0, 0.05) is 19.2 Å². The van der Waals surface area contributed by atoms with Gasteiger partial charge >= 0.3 is 5.97 Å². The van der Waals surface area contributed by atoms with E-state index in [1.807, 2.05) is 31.2 Å². The summed E-state index contributed by atoms with van der Waals surface area (Å²) in [6, 6.07) is 11.2. The Kier molecular flexibility index (Phi) is 6.07. The van der Waals surface area contributed by atoms with E-state index in [9.17, 15) is 9.59 Å². The molecule has 1 aromatic heterocycles. The smallest absolute Gasteiger partial charge is 0.314 e. The molecular formula is C22H27NO5. The van der Waals surface area contributed by atoms with Crippen molar-refractivity contribution in [3.63, 3.8) is 0 Å². The summed E-state index contributed by atoms with van der Waals surface area (Å²) in [7, 11) is 1.49. The van der Waals surface area contributed by atoms with Crippen molar-refractivity contribution in [1.82, 2.24) is 4.90 Å². The van der Waals surface area contributed by atoms with E-state index in [1.165, 1.54) is 7.11 Å². The Morgan fingerprint density at radius 1 is 1.21 bits per heavy atom. The highest BCUT2D eigenvalue weighted by Crippen LogP contribution is 2.37. The average Bonchev–Trinajstić information content (AvgIpc) is 3.19. The lowest BCUT2D eigenvalue weighted by Crippen LogP contribution is -2.51. The number of aryl methyl sites for hydroxylation is 1. The quantitative estimate of drug-likeness (QED) is 0.711. The molecule has 150 valence electrons. The number of esters is 1. The number of ether oxygens (including phenoxy) is 2. The van der Waals surface area contributed by atoms with Crippen molar-refractivity contribution in [1.29, 1.82) is 0 Å². The highest BCUT2D eigenvalue weighted by atomic mass is 16.6. The second-order valence-corrected chi connectivity index (χ2v) is 7.26. The number of carbonyl (C=O) groups excluding carboxylic acids is 2. The fourth-order valence-electron chi connectivity index (χ4n) is 3.85. The van der Waals surface area contributed by atoms with Gasteiger partial charge in [0.25, 0.3) is 11.9 Å². The normalized spacial score (nSPS) is 19.3. The maximum absolute atomic E-state index is 13.0. The van der Waals surface area contributed by atoms with Crippen molar-refractivity contribution in [2.24, 2.45) is 5.41 Å². The zero-order chi connectivity index (χ0) is 20.1. The molecule has 28 heavy (non-hydrogen) atoms. The summed E-state index contributed by atoms with van der Waals surface area (Å²) in [4.78, 5) is 27.6. The molecule has 0 N–H and O–H groups in total. The number of nitrogens with zero attached hydrogens (tertiary/aromatic N) is 1. The van der Waals surface area contributed by atoms with Crippen LogP contribution in [0.5, 0.6) is 5.95 Å². The Balaban J connectivity index is 1.87. The predicted octanol–water partition coefficient (Wildman–Crippen LogP) is 3.62. The molecule has 0 spiro atoms. The number of rotatable bonds is 6. The standard InChI is InChI=1S/C22H27NO5/c1-4-27-21(25)22(14-17-9-6-5-8-16(17)2)12-7-13-23(15-22)20(24)18-10-11-19(26-3)28-18/h5-6,8-11H,4,7,12-15H2,1-3H3/t22-/m1/s1. The third-order valence-corrected chi connectivity index (χ3v) is 5.36. The molecule has 1 amide bonds. The molecule has 1 fully saturated rings. The van der Waals surface area contributed by atoms with Crippen LogP contribution in [0.2, 0.25) is 0 Å². The lowest BCUT2D eigenvalue weighted by atomic mass is 9.74. The number of piperidine rings is 1. The van der Waals surface area contributed by atoms with Gasteiger partial charge in [-0.25, -0.2) is 0 Å². The van der Waals surface area contributed by atoms with Crippen LogP contribution in [0.25, 0.3) is 0 Å². The summed E-state index contributed by atoms with van der Waals surface area (Å²) < 4.78 is 15.9. The predicted molar refractivity (Wildman–Crippen MR) is 104 cm³/mol. The van der Waals surface area contributed by atoms with E-state index in [0.717, 1.165) is 17.5 Å². The van der Waals surface area contributed by atoms with E-state index >= 15 is 0 Å². The topological polar surface area (TPSA) is 69.0 Å². The Hall–Kier alpha value is -2.76. The van der Waals surface area contributed by atoms with Crippen molar-refractivity contribution in [2.75, 3.05) is 26.8 Å². The van der Waals surface area contributed by atoms with Gasteiger partial charge < -0.3 is 18.8 Å². The zero-order valence-electron chi connectivity index (χ0n) is 16.7. The Bertz CT molecular complexity index is 843. The molecule has 6 heteroatoms. The van der Waals surface area contributed by atoms with Gasteiger partial charge in [-0.15, -0.1) is 0 Å². The summed E-state index contributed by atoms with van der Waals surface area (Å²) in [5.41, 5.74) is 1.47. The molecule has 0 bridgehead atoms. The van der Waals surface area contributed by atoms with E-state index < -0.39 is 5.41 Å². The minimum absolute atomic E-state index is 0.215. The van der Waals surface area contributed by atoms with Crippen molar-refractivity contribution >= 4 is 11.9 Å². The van der Waals surface area contributed by atoms with Gasteiger partial charge in [-0.2, -0.15) is 0 Å². The third kappa shape index (κ3) is 4.06. The third-order valence-electron chi connectivity index (χ3n) is 5.36. The maximum atomic E-state index is 13.0. The summed E-state index contributed by atoms with van der Waals surface area (Å²) in [5, 5.41) is 0. The summed E-state index contributed by atoms with van der Waals surface area (Å²) in [5.74, 6) is 0.0264. The number of hydrogen-bond donors (Lipinski definition) is 0. The Morgan fingerprint density at radius 3 is 2.68 bits per heavy atom. The number of hydrogen-bond acceptors (Lipinski definition) is 5. The minimum atomic E-state index is -0.757. The second kappa shape index (κ2) is 8.50. The van der Waals surface area contributed by atoms with E-state index in [0.29, 0.717) is 32.5 Å². The lowest BCUT2D eigenvalue weighted by molar-refractivity contribution is -0.158. The first-order valence-corrected chi connectivity index (χ1v) is 9.64. The number of methoxy groups -OCH3 is 1. The molecule has 1 atom stereocenters. The van der Waals surface area contributed by atoms with Crippen LogP contribution >= 0.6 is 0 Å². The van der Waals surface area contributed by atoms with Crippen molar-refractivity contribution in [3.05, 3.63) is 53.3 Å². The average molecular weight is 385 g/mol. The molecule has 1 aliphatic rings. The van der Waals surface area contributed by atoms with E-state index in [2.05, 4.69) is 0 Å². The van der Waals surface area contributed by atoms with Crippen molar-refractivity contribution < 1.29 is 23.5 Å². The molecule has 0 aliphatic carbocycles. The number of likely N-dealkylation sites (tertiary alicyclic amines) is 1. The van der Waals surface area contributed by atoms with Crippen LogP contribution in [-0.2, 0) is 16.0 Å². The molecule has 0 radical (unpaired) electrons. The fourth-order valence-corrected chi connectivity index (χ4v) is 3.85. The molecule has 1 aliphatic heterocycles. The number of furan rings is 1. The Labute approximate surface area is 165 Å². The van der Waals surface area contributed by atoms with Crippen LogP contribution in [0.3, 0.4) is 0 Å². The largest absolute Gasteiger partial charge is 0.468 e. The molecule has 2 aromatic rings. The molecule has 6 nitrogen and oxygen atoms in total. The van der Waals surface area contributed by atoms with Gasteiger partial charge in [0.15, 0.2) is 5.76 Å². The number of benzene rings is 1. The Morgan fingerprint density at radius 2 is 2.00 bits per heavy atom. The van der Waals surface area contributed by atoms with E-state index in [4.69, 9.17) is 13.9 Å². The molecule has 0 saturated carbocycles. The monoisotopic (exact) mass is 385 g/mol. The highest BCUT2D eigenvalue weighted by molar-refractivity contribution is 5.92. The van der Waals surface area contributed by atoms with Gasteiger partial charge in [0.1, 0.15) is 0 Å². The molecule has 0 unspecified atom stereocenters. The van der Waals surface area contributed by atoms with Gasteiger partial charge in [0.2, 0.25) is 0 Å². The van der Waals surface area contributed by atoms with Crippen LogP contribution in [0.1, 0.15) is 41.4 Å². The van der Waals surface area contributed by atoms with Gasteiger partial charge in [-0.1, -0.05) is 24.3 Å². The van der Waals surface area contributed by atoms with Crippen molar-refractivity contribution in [3.8, 4) is 5.95 Å². The van der Waals surface area contributed by atoms with Gasteiger partial charge in [-0.05, 0) is 50.3 Å². The van der Waals surface area contributed by atoms with Crippen LogP contribution in [0, 0.1) is 12.3 Å². The molecule has 3 rings (SSSR count). The fraction of sp³-hybridized carbons (Fsp3) is 0.455. The van der Waals surface area contributed by atoms with Gasteiger partial charge in [0.05, 0.1) is 19.1 Å². The van der Waals surface area contributed by atoms with Gasteiger partial charge in [-0.3, -0.25) is 9.59 Å². The second-order valence-electron chi connectivity index (χ2n) is 7.26. The summed E-state index contributed by atoms with van der Waals surface area (Å²) in [6.45, 7) is 5.05. The lowest BCUT2D eigenvalue weighted by Gasteiger charge is -2.41. The maximum Gasteiger partial charge on any atom is 0.314 e. The first-order valence-electron chi connectivity index (χ1n) is 9.64. The first kappa shape index (κ1) is 20.0. The van der Waals surface area contributed by atoms with E-state index in [-0.39, 0.29) is 23.6 Å². The number of amides is 1.